The molecule has 0 radical (unpaired) electrons. The number of nitro groups is 1. The number of anilines is 1. The van der Waals surface area contributed by atoms with E-state index in [2.05, 4.69) is 4.98 Å². The van der Waals surface area contributed by atoms with E-state index in [1.165, 1.54) is 12.1 Å². The molecule has 0 saturated carbocycles. The predicted molar refractivity (Wildman–Crippen MR) is 55.8 cm³/mol. The number of nitrogens with zero attached hydrogens (tertiary/aromatic N) is 4. The van der Waals surface area contributed by atoms with Gasteiger partial charge in [-0.3, -0.25) is 10.1 Å². The molecule has 0 spiro atoms. The molecular formula is C9H9N5O2. The van der Waals surface area contributed by atoms with Gasteiger partial charge in [-0.1, -0.05) is 0 Å². The first-order valence-corrected chi connectivity index (χ1v) is 4.68. The van der Waals surface area contributed by atoms with Crippen LogP contribution >= 0.6 is 0 Å². The van der Waals surface area contributed by atoms with Gasteiger partial charge in [0, 0.05) is 25.2 Å². The number of nitriles is 1. The van der Waals surface area contributed by atoms with E-state index < -0.39 is 4.92 Å². The van der Waals surface area contributed by atoms with Crippen molar-refractivity contribution in [3.8, 4) is 6.07 Å². The number of hydrogen-bond acceptors (Lipinski definition) is 6. The standard InChI is InChI=1S/C9H9N5O2/c10-3-7-8(14(15)16)1-2-9(12-7)13-4-6(11)5-13/h1-2,6H,4-5,11H2. The Balaban J connectivity index is 2.31. The summed E-state index contributed by atoms with van der Waals surface area (Å²) in [7, 11) is 0. The number of nitrogens with two attached hydrogens (primary N) is 1. The second-order valence-electron chi connectivity index (χ2n) is 3.57. The molecule has 0 amide bonds. The Hall–Kier alpha value is -2.20. The van der Waals surface area contributed by atoms with Gasteiger partial charge in [-0.15, -0.1) is 0 Å². The van der Waals surface area contributed by atoms with Crippen molar-refractivity contribution in [2.24, 2.45) is 5.73 Å². The smallest absolute Gasteiger partial charge is 0.305 e. The molecule has 0 aromatic carbocycles. The van der Waals surface area contributed by atoms with E-state index in [4.69, 9.17) is 11.0 Å². The molecule has 2 heterocycles. The molecule has 2 N–H and O–H groups in total. The molecule has 82 valence electrons. The first-order valence-electron chi connectivity index (χ1n) is 4.68. The summed E-state index contributed by atoms with van der Waals surface area (Å²) < 4.78 is 0. The SMILES string of the molecule is N#Cc1nc(N2CC(N)C2)ccc1[N+](=O)[O-]. The van der Waals surface area contributed by atoms with Gasteiger partial charge in [-0.05, 0) is 6.07 Å². The van der Waals surface area contributed by atoms with Gasteiger partial charge in [0.2, 0.25) is 5.69 Å². The Labute approximate surface area is 91.3 Å². The second-order valence-corrected chi connectivity index (χ2v) is 3.57. The molecule has 1 fully saturated rings. The van der Waals surface area contributed by atoms with Crippen LogP contribution in [0.25, 0.3) is 0 Å². The fourth-order valence-corrected chi connectivity index (χ4v) is 1.55. The van der Waals surface area contributed by atoms with Crippen molar-refractivity contribution in [2.75, 3.05) is 18.0 Å². The van der Waals surface area contributed by atoms with E-state index >= 15 is 0 Å². The third kappa shape index (κ3) is 1.66. The zero-order valence-corrected chi connectivity index (χ0v) is 8.33. The van der Waals surface area contributed by atoms with Crippen molar-refractivity contribution in [1.29, 1.82) is 5.26 Å². The van der Waals surface area contributed by atoms with Crippen LogP contribution in [-0.2, 0) is 0 Å². The van der Waals surface area contributed by atoms with E-state index in [9.17, 15) is 10.1 Å². The molecule has 2 rings (SSSR count). The minimum Gasteiger partial charge on any atom is -0.353 e. The number of rotatable bonds is 2. The fourth-order valence-electron chi connectivity index (χ4n) is 1.55. The van der Waals surface area contributed by atoms with Crippen LogP contribution in [0.15, 0.2) is 12.1 Å². The molecule has 1 saturated heterocycles. The van der Waals surface area contributed by atoms with Crippen LogP contribution in [0.1, 0.15) is 5.69 Å². The molecule has 1 aliphatic rings. The molecule has 1 aromatic rings. The number of hydrogen-bond donors (Lipinski definition) is 1. The van der Waals surface area contributed by atoms with Gasteiger partial charge in [0.05, 0.1) is 4.92 Å². The summed E-state index contributed by atoms with van der Waals surface area (Å²) in [6.07, 6.45) is 0. The molecule has 1 aromatic heterocycles. The van der Waals surface area contributed by atoms with E-state index in [1.807, 2.05) is 4.90 Å². The Morgan fingerprint density at radius 2 is 2.31 bits per heavy atom. The molecule has 7 nitrogen and oxygen atoms in total. The van der Waals surface area contributed by atoms with E-state index in [-0.39, 0.29) is 17.4 Å². The highest BCUT2D eigenvalue weighted by Gasteiger charge is 2.26. The van der Waals surface area contributed by atoms with Crippen LogP contribution < -0.4 is 10.6 Å². The van der Waals surface area contributed by atoms with Gasteiger partial charge in [0.1, 0.15) is 11.9 Å². The summed E-state index contributed by atoms with van der Waals surface area (Å²) in [5.74, 6) is 0.559. The maximum absolute atomic E-state index is 10.6. The highest BCUT2D eigenvalue weighted by molar-refractivity contribution is 5.52. The molecule has 0 bridgehead atoms. The lowest BCUT2D eigenvalue weighted by molar-refractivity contribution is -0.385. The van der Waals surface area contributed by atoms with Gasteiger partial charge in [-0.2, -0.15) is 5.26 Å². The lowest BCUT2D eigenvalue weighted by atomic mass is 10.1. The summed E-state index contributed by atoms with van der Waals surface area (Å²) >= 11 is 0. The highest BCUT2D eigenvalue weighted by Crippen LogP contribution is 2.23. The topological polar surface area (TPSA) is 109 Å². The van der Waals surface area contributed by atoms with Crippen LogP contribution in [0.3, 0.4) is 0 Å². The van der Waals surface area contributed by atoms with Crippen LogP contribution in [0.4, 0.5) is 11.5 Å². The van der Waals surface area contributed by atoms with Crippen molar-refractivity contribution in [1.82, 2.24) is 4.98 Å². The quantitative estimate of drug-likeness (QED) is 0.554. The first kappa shape index (κ1) is 10.3. The zero-order valence-electron chi connectivity index (χ0n) is 8.33. The Kier molecular flexibility index (Phi) is 2.42. The van der Waals surface area contributed by atoms with E-state index in [0.717, 1.165) is 0 Å². The highest BCUT2D eigenvalue weighted by atomic mass is 16.6. The summed E-state index contributed by atoms with van der Waals surface area (Å²) in [5, 5.41) is 19.3. The molecule has 1 aliphatic heterocycles. The molecule has 0 unspecified atom stereocenters. The van der Waals surface area contributed by atoms with Gasteiger partial charge in [-0.25, -0.2) is 4.98 Å². The minimum absolute atomic E-state index is 0.113. The Morgan fingerprint density at radius 3 is 2.81 bits per heavy atom. The monoisotopic (exact) mass is 219 g/mol. The second kappa shape index (κ2) is 3.75. The molecule has 7 heteroatoms. The van der Waals surface area contributed by atoms with Crippen molar-refractivity contribution in [2.45, 2.75) is 6.04 Å². The Bertz CT molecular complexity index is 475. The van der Waals surface area contributed by atoms with Gasteiger partial charge in [0.15, 0.2) is 0 Å². The lowest BCUT2D eigenvalue weighted by Gasteiger charge is -2.37. The normalized spacial score (nSPS) is 15.4. The third-order valence-corrected chi connectivity index (χ3v) is 2.40. The van der Waals surface area contributed by atoms with E-state index in [0.29, 0.717) is 18.9 Å². The number of pyridine rings is 1. The predicted octanol–water partition coefficient (Wildman–Crippen LogP) is 0.00878. The maximum Gasteiger partial charge on any atom is 0.305 e. The van der Waals surface area contributed by atoms with Crippen molar-refractivity contribution in [3.63, 3.8) is 0 Å². The van der Waals surface area contributed by atoms with Crippen LogP contribution in [0.2, 0.25) is 0 Å². The van der Waals surface area contributed by atoms with Gasteiger partial charge < -0.3 is 10.6 Å². The third-order valence-electron chi connectivity index (χ3n) is 2.40. The summed E-state index contributed by atoms with van der Waals surface area (Å²) in [6.45, 7) is 1.32. The first-order chi connectivity index (χ1) is 7.61. The van der Waals surface area contributed by atoms with Crippen LogP contribution in [0.5, 0.6) is 0 Å². The van der Waals surface area contributed by atoms with Crippen molar-refractivity contribution < 1.29 is 4.92 Å². The summed E-state index contributed by atoms with van der Waals surface area (Å²) in [5.41, 5.74) is 5.18. The van der Waals surface area contributed by atoms with Crippen molar-refractivity contribution in [3.05, 3.63) is 27.9 Å². The molecular weight excluding hydrogens is 210 g/mol. The molecule has 0 aliphatic carbocycles. The van der Waals surface area contributed by atoms with Gasteiger partial charge >= 0.3 is 5.69 Å². The lowest BCUT2D eigenvalue weighted by Crippen LogP contribution is -2.56. The average molecular weight is 219 g/mol. The van der Waals surface area contributed by atoms with Crippen LogP contribution in [-0.4, -0.2) is 29.0 Å². The number of aromatic nitrogens is 1. The zero-order chi connectivity index (χ0) is 11.7. The fraction of sp³-hybridized carbons (Fsp3) is 0.333. The van der Waals surface area contributed by atoms with Gasteiger partial charge in [0.25, 0.3) is 0 Å². The van der Waals surface area contributed by atoms with Crippen LogP contribution in [0, 0.1) is 21.4 Å². The maximum atomic E-state index is 10.6. The van der Waals surface area contributed by atoms with Crippen molar-refractivity contribution >= 4 is 11.5 Å². The summed E-state index contributed by atoms with van der Waals surface area (Å²) in [6, 6.07) is 4.66. The minimum atomic E-state index is -0.614. The molecule has 0 atom stereocenters. The largest absolute Gasteiger partial charge is 0.353 e. The Morgan fingerprint density at radius 1 is 1.62 bits per heavy atom. The van der Waals surface area contributed by atoms with E-state index in [1.54, 1.807) is 6.07 Å². The summed E-state index contributed by atoms with van der Waals surface area (Å²) in [4.78, 5) is 15.8. The molecule has 16 heavy (non-hydrogen) atoms. The average Bonchev–Trinajstić information content (AvgIpc) is 2.23.